The van der Waals surface area contributed by atoms with Crippen molar-refractivity contribution in [3.05, 3.63) is 0 Å². The Kier molecular flexibility index (Phi) is 2.53. The number of piperazine rings is 1. The Morgan fingerprint density at radius 3 is 2.70 bits per heavy atom. The van der Waals surface area contributed by atoms with Gasteiger partial charge in [0.2, 0.25) is 0 Å². The zero-order valence-electron chi connectivity index (χ0n) is 5.56. The molecule has 1 saturated heterocycles. The van der Waals surface area contributed by atoms with Gasteiger partial charge in [0.05, 0.1) is 6.04 Å². The van der Waals surface area contributed by atoms with Crippen LogP contribution in [0.1, 0.15) is 0 Å². The highest BCUT2D eigenvalue weighted by atomic mass is 19.3. The Bertz CT molecular complexity index is 109. The van der Waals surface area contributed by atoms with Gasteiger partial charge in [-0.25, -0.2) is 13.8 Å². The molecule has 10 heavy (non-hydrogen) atoms. The summed E-state index contributed by atoms with van der Waals surface area (Å²) < 4.78 is 23.9. The second kappa shape index (κ2) is 3.23. The van der Waals surface area contributed by atoms with Crippen LogP contribution in [0.4, 0.5) is 8.78 Å². The molecule has 0 aliphatic carbocycles. The van der Waals surface area contributed by atoms with E-state index in [1.165, 1.54) is 5.01 Å². The van der Waals surface area contributed by atoms with Crippen molar-refractivity contribution in [2.75, 3.05) is 19.6 Å². The molecule has 3 nitrogen and oxygen atoms in total. The molecule has 1 aliphatic rings. The Labute approximate surface area is 58.1 Å². The van der Waals surface area contributed by atoms with Crippen LogP contribution in [-0.2, 0) is 0 Å². The number of hydrazine groups is 1. The lowest BCUT2D eigenvalue weighted by molar-refractivity contribution is 0.0569. The van der Waals surface area contributed by atoms with Gasteiger partial charge in [0, 0.05) is 19.6 Å². The van der Waals surface area contributed by atoms with E-state index < -0.39 is 12.5 Å². The maximum absolute atomic E-state index is 11.9. The van der Waals surface area contributed by atoms with Crippen molar-refractivity contribution < 1.29 is 8.78 Å². The van der Waals surface area contributed by atoms with Crippen LogP contribution in [0.5, 0.6) is 0 Å². The van der Waals surface area contributed by atoms with Crippen molar-refractivity contribution in [1.82, 2.24) is 10.3 Å². The minimum absolute atomic E-state index is 0.234. The zero-order chi connectivity index (χ0) is 7.56. The lowest BCUT2D eigenvalue weighted by atomic mass is 10.2. The lowest BCUT2D eigenvalue weighted by Crippen LogP contribution is -2.55. The first-order valence-corrected chi connectivity index (χ1v) is 3.21. The predicted octanol–water partition coefficient (Wildman–Crippen LogP) is -0.601. The average molecular weight is 151 g/mol. The summed E-state index contributed by atoms with van der Waals surface area (Å²) in [5, 5.41) is 4.09. The van der Waals surface area contributed by atoms with Crippen LogP contribution < -0.4 is 11.2 Å². The monoisotopic (exact) mass is 151 g/mol. The minimum atomic E-state index is -2.31. The van der Waals surface area contributed by atoms with Crippen LogP contribution in [0.2, 0.25) is 0 Å². The van der Waals surface area contributed by atoms with Crippen LogP contribution in [-0.4, -0.2) is 37.1 Å². The molecule has 3 N–H and O–H groups in total. The molecule has 5 heteroatoms. The average Bonchev–Trinajstić information content (AvgIpc) is 1.88. The van der Waals surface area contributed by atoms with Crippen LogP contribution in [0.15, 0.2) is 0 Å². The molecular formula is C5H11F2N3. The SMILES string of the molecule is NN1CCNC(C(F)F)C1. The fourth-order valence-electron chi connectivity index (χ4n) is 0.971. The van der Waals surface area contributed by atoms with Gasteiger partial charge >= 0.3 is 0 Å². The molecule has 1 aliphatic heterocycles. The summed E-state index contributed by atoms with van der Waals surface area (Å²) in [6, 6.07) is -0.751. The summed E-state index contributed by atoms with van der Waals surface area (Å²) in [4.78, 5) is 0. The normalized spacial score (nSPS) is 29.4. The fourth-order valence-corrected chi connectivity index (χ4v) is 0.971. The molecular weight excluding hydrogens is 140 g/mol. The molecule has 0 aromatic heterocycles. The first-order chi connectivity index (χ1) is 4.70. The summed E-state index contributed by atoms with van der Waals surface area (Å²) in [6.45, 7) is 1.42. The molecule has 0 saturated carbocycles. The Balaban J connectivity index is 2.32. The number of rotatable bonds is 1. The van der Waals surface area contributed by atoms with Crippen molar-refractivity contribution in [2.24, 2.45) is 5.84 Å². The van der Waals surface area contributed by atoms with Crippen molar-refractivity contribution in [2.45, 2.75) is 12.5 Å². The van der Waals surface area contributed by atoms with E-state index in [1.807, 2.05) is 0 Å². The van der Waals surface area contributed by atoms with Gasteiger partial charge in [-0.05, 0) is 0 Å². The Morgan fingerprint density at radius 2 is 2.30 bits per heavy atom. The van der Waals surface area contributed by atoms with Gasteiger partial charge < -0.3 is 5.32 Å². The number of halogens is 2. The number of hydrogen-bond donors (Lipinski definition) is 2. The quantitative estimate of drug-likeness (QED) is 0.492. The first-order valence-electron chi connectivity index (χ1n) is 3.21. The second-order valence-corrected chi connectivity index (χ2v) is 2.39. The van der Waals surface area contributed by atoms with Gasteiger partial charge in [0.25, 0.3) is 6.43 Å². The number of alkyl halides is 2. The molecule has 0 spiro atoms. The molecule has 0 amide bonds. The predicted molar refractivity (Wildman–Crippen MR) is 33.6 cm³/mol. The second-order valence-electron chi connectivity index (χ2n) is 2.39. The highest BCUT2D eigenvalue weighted by Gasteiger charge is 2.24. The maximum atomic E-state index is 11.9. The van der Waals surface area contributed by atoms with E-state index in [2.05, 4.69) is 5.32 Å². The lowest BCUT2D eigenvalue weighted by Gasteiger charge is -2.29. The maximum Gasteiger partial charge on any atom is 0.254 e. The van der Waals surface area contributed by atoms with Crippen molar-refractivity contribution in [1.29, 1.82) is 0 Å². The van der Waals surface area contributed by atoms with Gasteiger partial charge in [-0.2, -0.15) is 0 Å². The van der Waals surface area contributed by atoms with E-state index in [-0.39, 0.29) is 6.54 Å². The highest BCUT2D eigenvalue weighted by Crippen LogP contribution is 2.04. The molecule has 0 aromatic rings. The molecule has 1 fully saturated rings. The van der Waals surface area contributed by atoms with Gasteiger partial charge in [0.1, 0.15) is 0 Å². The number of nitrogens with two attached hydrogens (primary N) is 1. The van der Waals surface area contributed by atoms with Crippen molar-refractivity contribution in [3.8, 4) is 0 Å². The third-order valence-corrected chi connectivity index (χ3v) is 1.54. The minimum Gasteiger partial charge on any atom is -0.306 e. The van der Waals surface area contributed by atoms with E-state index in [4.69, 9.17) is 5.84 Å². The van der Waals surface area contributed by atoms with Gasteiger partial charge in [-0.3, -0.25) is 5.84 Å². The Hall–Kier alpha value is -0.260. The summed E-state index contributed by atoms with van der Waals surface area (Å²) in [5.74, 6) is 5.32. The van der Waals surface area contributed by atoms with Crippen LogP contribution in [0.3, 0.4) is 0 Å². The summed E-state index contributed by atoms with van der Waals surface area (Å²) in [5.41, 5.74) is 0. The van der Waals surface area contributed by atoms with Crippen LogP contribution in [0, 0.1) is 0 Å². The number of hydrogen-bond acceptors (Lipinski definition) is 3. The molecule has 0 radical (unpaired) electrons. The molecule has 1 atom stereocenters. The fraction of sp³-hybridized carbons (Fsp3) is 1.00. The molecule has 0 bridgehead atoms. The summed E-state index contributed by atoms with van der Waals surface area (Å²) in [6.07, 6.45) is -2.31. The van der Waals surface area contributed by atoms with E-state index in [0.717, 1.165) is 0 Å². The number of nitrogens with zero attached hydrogens (tertiary/aromatic N) is 1. The van der Waals surface area contributed by atoms with E-state index in [9.17, 15) is 8.78 Å². The third-order valence-electron chi connectivity index (χ3n) is 1.54. The molecule has 1 unspecified atom stereocenters. The van der Waals surface area contributed by atoms with Crippen LogP contribution >= 0.6 is 0 Å². The van der Waals surface area contributed by atoms with Crippen LogP contribution in [0.25, 0.3) is 0 Å². The third kappa shape index (κ3) is 1.86. The molecule has 60 valence electrons. The highest BCUT2D eigenvalue weighted by molar-refractivity contribution is 4.77. The topological polar surface area (TPSA) is 41.3 Å². The summed E-state index contributed by atoms with van der Waals surface area (Å²) >= 11 is 0. The summed E-state index contributed by atoms with van der Waals surface area (Å²) in [7, 11) is 0. The smallest absolute Gasteiger partial charge is 0.254 e. The number of nitrogens with one attached hydrogen (secondary N) is 1. The standard InChI is InChI=1S/C5H11F2N3/c6-5(7)4-3-10(8)2-1-9-4/h4-5,9H,1-3,8H2. The van der Waals surface area contributed by atoms with E-state index in [1.54, 1.807) is 0 Å². The van der Waals surface area contributed by atoms with Gasteiger partial charge in [-0.1, -0.05) is 0 Å². The molecule has 1 rings (SSSR count). The zero-order valence-corrected chi connectivity index (χ0v) is 5.56. The van der Waals surface area contributed by atoms with E-state index in [0.29, 0.717) is 13.1 Å². The van der Waals surface area contributed by atoms with Crippen molar-refractivity contribution >= 4 is 0 Å². The van der Waals surface area contributed by atoms with Gasteiger partial charge in [0.15, 0.2) is 0 Å². The van der Waals surface area contributed by atoms with E-state index >= 15 is 0 Å². The molecule has 1 heterocycles. The Morgan fingerprint density at radius 1 is 1.60 bits per heavy atom. The molecule has 0 aromatic carbocycles. The van der Waals surface area contributed by atoms with Gasteiger partial charge in [-0.15, -0.1) is 0 Å². The van der Waals surface area contributed by atoms with Crippen molar-refractivity contribution in [3.63, 3.8) is 0 Å². The largest absolute Gasteiger partial charge is 0.306 e. The first kappa shape index (κ1) is 7.84.